The standard InChI is InChI=1S/C17H25FN2O2S.ClH/c18-15-4-1-2-5-16(15)23-13-8-17(21)20-10-6-14(7-11-20)22-12-3-9-19;/h1-2,4-5,14H,3,6-13,19H2;1H. The normalized spacial score (nSPS) is 15.2. The van der Waals surface area contributed by atoms with E-state index in [0.717, 1.165) is 32.4 Å². The molecule has 2 N–H and O–H groups in total. The van der Waals surface area contributed by atoms with E-state index in [0.29, 0.717) is 30.2 Å². The SMILES string of the molecule is Cl.NCCCOC1CCN(C(=O)CCSc2ccccc2F)CC1. The minimum absolute atomic E-state index is 0. The van der Waals surface area contributed by atoms with Crippen LogP contribution < -0.4 is 5.73 Å². The Morgan fingerprint density at radius 1 is 1.33 bits per heavy atom. The Hall–Kier alpha value is -0.820. The highest BCUT2D eigenvalue weighted by Crippen LogP contribution is 2.22. The number of amides is 1. The van der Waals surface area contributed by atoms with E-state index in [9.17, 15) is 9.18 Å². The molecule has 1 amide bonds. The monoisotopic (exact) mass is 376 g/mol. The van der Waals surface area contributed by atoms with Gasteiger partial charge in [-0.05, 0) is 37.9 Å². The lowest BCUT2D eigenvalue weighted by Gasteiger charge is -2.32. The third kappa shape index (κ3) is 6.97. The number of nitrogens with two attached hydrogens (primary N) is 1. The number of carbonyl (C=O) groups excluding carboxylic acids is 1. The van der Waals surface area contributed by atoms with Crippen LogP contribution in [0.2, 0.25) is 0 Å². The first kappa shape index (κ1) is 21.2. The molecule has 1 heterocycles. The number of rotatable bonds is 8. The van der Waals surface area contributed by atoms with Gasteiger partial charge in [0.15, 0.2) is 0 Å². The molecule has 0 aromatic heterocycles. The average Bonchev–Trinajstić information content (AvgIpc) is 2.57. The number of benzene rings is 1. The Labute approximate surface area is 153 Å². The smallest absolute Gasteiger partial charge is 0.223 e. The topological polar surface area (TPSA) is 55.6 Å². The van der Waals surface area contributed by atoms with E-state index in [1.165, 1.54) is 17.8 Å². The van der Waals surface area contributed by atoms with Gasteiger partial charge in [-0.1, -0.05) is 12.1 Å². The fourth-order valence-electron chi connectivity index (χ4n) is 2.57. The van der Waals surface area contributed by atoms with Crippen molar-refractivity contribution in [2.75, 3.05) is 32.0 Å². The lowest BCUT2D eigenvalue weighted by atomic mass is 10.1. The summed E-state index contributed by atoms with van der Waals surface area (Å²) in [6.07, 6.45) is 3.34. The fourth-order valence-corrected chi connectivity index (χ4v) is 3.45. The zero-order valence-electron chi connectivity index (χ0n) is 13.8. The average molecular weight is 377 g/mol. The van der Waals surface area contributed by atoms with Crippen LogP contribution >= 0.6 is 24.2 Å². The van der Waals surface area contributed by atoms with Crippen LogP contribution in [0.1, 0.15) is 25.7 Å². The minimum atomic E-state index is -0.222. The maximum atomic E-state index is 13.5. The van der Waals surface area contributed by atoms with Gasteiger partial charge in [0.05, 0.1) is 6.10 Å². The molecule has 1 aromatic carbocycles. The lowest BCUT2D eigenvalue weighted by Crippen LogP contribution is -2.41. The number of carbonyl (C=O) groups is 1. The van der Waals surface area contributed by atoms with Crippen LogP contribution in [0.15, 0.2) is 29.2 Å². The predicted octanol–water partition coefficient (Wildman–Crippen LogP) is 3.09. The highest BCUT2D eigenvalue weighted by atomic mass is 35.5. The van der Waals surface area contributed by atoms with Crippen molar-refractivity contribution in [1.29, 1.82) is 0 Å². The first-order chi connectivity index (χ1) is 11.2. The van der Waals surface area contributed by atoms with Gasteiger partial charge in [0.25, 0.3) is 0 Å². The Kier molecular flexibility index (Phi) is 10.3. The van der Waals surface area contributed by atoms with Crippen LogP contribution in [0.4, 0.5) is 4.39 Å². The summed E-state index contributed by atoms with van der Waals surface area (Å²) in [7, 11) is 0. The molecule has 0 bridgehead atoms. The van der Waals surface area contributed by atoms with E-state index in [4.69, 9.17) is 10.5 Å². The maximum absolute atomic E-state index is 13.5. The second-order valence-corrected chi connectivity index (χ2v) is 6.76. The molecule has 0 spiro atoms. The second-order valence-electron chi connectivity index (χ2n) is 5.62. The van der Waals surface area contributed by atoms with Crippen molar-refractivity contribution in [3.8, 4) is 0 Å². The van der Waals surface area contributed by atoms with Crippen molar-refractivity contribution in [1.82, 2.24) is 4.90 Å². The molecule has 7 heteroatoms. The van der Waals surface area contributed by atoms with E-state index in [1.807, 2.05) is 11.0 Å². The highest BCUT2D eigenvalue weighted by Gasteiger charge is 2.22. The van der Waals surface area contributed by atoms with E-state index in [1.54, 1.807) is 12.1 Å². The largest absolute Gasteiger partial charge is 0.378 e. The van der Waals surface area contributed by atoms with Crippen LogP contribution in [0.25, 0.3) is 0 Å². The molecular weight excluding hydrogens is 351 g/mol. The zero-order chi connectivity index (χ0) is 16.5. The number of hydrogen-bond acceptors (Lipinski definition) is 4. The quantitative estimate of drug-likeness (QED) is 0.559. The van der Waals surface area contributed by atoms with E-state index < -0.39 is 0 Å². The van der Waals surface area contributed by atoms with Gasteiger partial charge in [0.2, 0.25) is 5.91 Å². The second kappa shape index (κ2) is 11.7. The van der Waals surface area contributed by atoms with E-state index in [2.05, 4.69) is 0 Å². The first-order valence-corrected chi connectivity index (χ1v) is 9.16. The molecule has 0 atom stereocenters. The van der Waals surface area contributed by atoms with Crippen LogP contribution in [-0.2, 0) is 9.53 Å². The number of likely N-dealkylation sites (tertiary alicyclic amines) is 1. The maximum Gasteiger partial charge on any atom is 0.223 e. The van der Waals surface area contributed by atoms with Gasteiger partial charge in [-0.15, -0.1) is 24.2 Å². The van der Waals surface area contributed by atoms with Crippen molar-refractivity contribution < 1.29 is 13.9 Å². The van der Waals surface area contributed by atoms with Gasteiger partial charge in [-0.2, -0.15) is 0 Å². The summed E-state index contributed by atoms with van der Waals surface area (Å²) in [6, 6.07) is 6.67. The Morgan fingerprint density at radius 3 is 2.71 bits per heavy atom. The Balaban J connectivity index is 0.00000288. The number of nitrogens with zero attached hydrogens (tertiary/aromatic N) is 1. The molecule has 24 heavy (non-hydrogen) atoms. The van der Waals surface area contributed by atoms with Crippen molar-refractivity contribution in [3.05, 3.63) is 30.1 Å². The highest BCUT2D eigenvalue weighted by molar-refractivity contribution is 7.99. The van der Waals surface area contributed by atoms with E-state index >= 15 is 0 Å². The number of piperidine rings is 1. The zero-order valence-corrected chi connectivity index (χ0v) is 15.4. The molecule has 1 fully saturated rings. The summed E-state index contributed by atoms with van der Waals surface area (Å²) in [5, 5.41) is 0. The predicted molar refractivity (Wildman–Crippen MR) is 98.2 cm³/mol. The summed E-state index contributed by atoms with van der Waals surface area (Å²) in [6.45, 7) is 2.85. The van der Waals surface area contributed by atoms with Crippen LogP contribution in [-0.4, -0.2) is 48.9 Å². The Morgan fingerprint density at radius 2 is 2.04 bits per heavy atom. The molecule has 0 aliphatic carbocycles. The fraction of sp³-hybridized carbons (Fsp3) is 0.588. The number of hydrogen-bond donors (Lipinski definition) is 1. The molecule has 1 saturated heterocycles. The molecule has 1 aliphatic rings. The molecular formula is C17H26ClFN2O2S. The van der Waals surface area contributed by atoms with Gasteiger partial charge < -0.3 is 15.4 Å². The molecule has 2 rings (SSSR count). The summed E-state index contributed by atoms with van der Waals surface area (Å²) in [5.74, 6) is 0.529. The molecule has 0 unspecified atom stereocenters. The molecule has 1 aliphatic heterocycles. The summed E-state index contributed by atoms with van der Waals surface area (Å²) in [4.78, 5) is 14.7. The van der Waals surface area contributed by atoms with Crippen LogP contribution in [0.3, 0.4) is 0 Å². The van der Waals surface area contributed by atoms with Gasteiger partial charge in [0.1, 0.15) is 5.82 Å². The minimum Gasteiger partial charge on any atom is -0.378 e. The van der Waals surface area contributed by atoms with Gasteiger partial charge in [-0.25, -0.2) is 4.39 Å². The third-order valence-electron chi connectivity index (χ3n) is 3.91. The number of ether oxygens (including phenoxy) is 1. The summed E-state index contributed by atoms with van der Waals surface area (Å²) in [5.41, 5.74) is 5.45. The van der Waals surface area contributed by atoms with Crippen LogP contribution in [0, 0.1) is 5.82 Å². The summed E-state index contributed by atoms with van der Waals surface area (Å²) >= 11 is 1.39. The molecule has 1 aromatic rings. The molecule has 4 nitrogen and oxygen atoms in total. The van der Waals surface area contributed by atoms with E-state index in [-0.39, 0.29) is 30.2 Å². The number of thioether (sulfide) groups is 1. The van der Waals surface area contributed by atoms with Crippen molar-refractivity contribution in [2.45, 2.75) is 36.7 Å². The van der Waals surface area contributed by atoms with Gasteiger partial charge >= 0.3 is 0 Å². The van der Waals surface area contributed by atoms with Crippen molar-refractivity contribution >= 4 is 30.1 Å². The number of halogens is 2. The molecule has 0 radical (unpaired) electrons. The van der Waals surface area contributed by atoms with Crippen LogP contribution in [0.5, 0.6) is 0 Å². The molecule has 0 saturated carbocycles. The van der Waals surface area contributed by atoms with Gasteiger partial charge in [-0.3, -0.25) is 4.79 Å². The first-order valence-electron chi connectivity index (χ1n) is 8.17. The van der Waals surface area contributed by atoms with Crippen molar-refractivity contribution in [2.24, 2.45) is 5.73 Å². The van der Waals surface area contributed by atoms with Gasteiger partial charge in [0, 0.05) is 36.8 Å². The third-order valence-corrected chi connectivity index (χ3v) is 4.96. The van der Waals surface area contributed by atoms with Crippen molar-refractivity contribution in [3.63, 3.8) is 0 Å². The lowest BCUT2D eigenvalue weighted by molar-refractivity contribution is -0.133. The molecule has 136 valence electrons. The Bertz CT molecular complexity index is 499. The summed E-state index contributed by atoms with van der Waals surface area (Å²) < 4.78 is 19.2.